The van der Waals surface area contributed by atoms with Crippen LogP contribution in [0.3, 0.4) is 0 Å². The summed E-state index contributed by atoms with van der Waals surface area (Å²) in [5.74, 6) is 2.21. The van der Waals surface area contributed by atoms with Crippen molar-refractivity contribution < 1.29 is 14.2 Å². The topological polar surface area (TPSA) is 67.3 Å². The molecule has 8 heteroatoms. The molecule has 2 aliphatic heterocycles. The molecule has 2 unspecified atom stereocenters. The Balaban J connectivity index is 0.00000320. The predicted molar refractivity (Wildman–Crippen MR) is 131 cm³/mol. The smallest absolute Gasteiger partial charge is 0.191 e. The molecule has 1 aromatic rings. The molecule has 0 radical (unpaired) electrons. The van der Waals surface area contributed by atoms with E-state index in [0.29, 0.717) is 25.1 Å². The zero-order chi connectivity index (χ0) is 20.3. The van der Waals surface area contributed by atoms with Crippen LogP contribution in [0.1, 0.15) is 12.0 Å². The van der Waals surface area contributed by atoms with E-state index in [2.05, 4.69) is 33.2 Å². The summed E-state index contributed by atoms with van der Waals surface area (Å²) in [4.78, 5) is 6.93. The minimum absolute atomic E-state index is 0. The maximum Gasteiger partial charge on any atom is 0.191 e. The van der Waals surface area contributed by atoms with Crippen molar-refractivity contribution >= 4 is 29.9 Å². The second-order valence-electron chi connectivity index (χ2n) is 7.35. The van der Waals surface area contributed by atoms with Gasteiger partial charge >= 0.3 is 0 Å². The van der Waals surface area contributed by atoms with Gasteiger partial charge in [0.1, 0.15) is 12.4 Å². The number of nitrogens with zero attached hydrogens (tertiary/aromatic N) is 2. The van der Waals surface area contributed by atoms with E-state index in [1.54, 1.807) is 13.1 Å². The van der Waals surface area contributed by atoms with Crippen LogP contribution in [-0.4, -0.2) is 76.6 Å². The zero-order valence-electron chi connectivity index (χ0n) is 17.8. The van der Waals surface area contributed by atoms with Crippen LogP contribution < -0.4 is 15.4 Å². The minimum Gasteiger partial charge on any atom is -0.489 e. The first-order chi connectivity index (χ1) is 14.3. The van der Waals surface area contributed by atoms with E-state index >= 15 is 0 Å². The van der Waals surface area contributed by atoms with Crippen LogP contribution in [0.5, 0.6) is 5.75 Å². The van der Waals surface area contributed by atoms with Crippen LogP contribution in [-0.2, 0) is 16.0 Å². The molecule has 2 saturated heterocycles. The summed E-state index contributed by atoms with van der Waals surface area (Å²) in [6.45, 7) is 10.9. The quantitative estimate of drug-likeness (QED) is 0.221. The number of halogens is 1. The van der Waals surface area contributed by atoms with Gasteiger partial charge in [0.15, 0.2) is 5.96 Å². The lowest BCUT2D eigenvalue weighted by Gasteiger charge is -2.37. The van der Waals surface area contributed by atoms with Gasteiger partial charge in [-0.3, -0.25) is 9.89 Å². The maximum absolute atomic E-state index is 5.75. The number of ether oxygens (including phenoxy) is 3. The molecule has 0 spiro atoms. The first kappa shape index (κ1) is 24.9. The molecular formula is C22H35IN4O3. The van der Waals surface area contributed by atoms with Crippen LogP contribution in [0.25, 0.3) is 0 Å². The Kier molecular flexibility index (Phi) is 11.5. The normalized spacial score (nSPS) is 20.8. The molecule has 0 aromatic heterocycles. The number of benzene rings is 1. The summed E-state index contributed by atoms with van der Waals surface area (Å²) < 4.78 is 16.9. The highest BCUT2D eigenvalue weighted by Gasteiger charge is 2.31. The monoisotopic (exact) mass is 530 g/mol. The van der Waals surface area contributed by atoms with E-state index in [-0.39, 0.29) is 24.0 Å². The molecule has 2 atom stereocenters. The Morgan fingerprint density at radius 1 is 1.27 bits per heavy atom. The number of nitrogens with one attached hydrogen (secondary N) is 2. The summed E-state index contributed by atoms with van der Waals surface area (Å²) >= 11 is 0. The van der Waals surface area contributed by atoms with Crippen molar-refractivity contribution in [3.05, 3.63) is 42.5 Å². The first-order valence-electron chi connectivity index (χ1n) is 10.5. The molecule has 0 aliphatic carbocycles. The number of hydrogen-bond acceptors (Lipinski definition) is 5. The summed E-state index contributed by atoms with van der Waals surface area (Å²) in [5.41, 5.74) is 1.09. The molecule has 2 N–H and O–H groups in total. The number of aliphatic imine (C=N–C) groups is 1. The van der Waals surface area contributed by atoms with Crippen molar-refractivity contribution in [2.75, 3.05) is 59.7 Å². The molecule has 0 bridgehead atoms. The van der Waals surface area contributed by atoms with Crippen molar-refractivity contribution in [1.29, 1.82) is 0 Å². The lowest BCUT2D eigenvalue weighted by atomic mass is 9.97. The zero-order valence-corrected chi connectivity index (χ0v) is 20.2. The van der Waals surface area contributed by atoms with Crippen LogP contribution in [0.15, 0.2) is 41.9 Å². The van der Waals surface area contributed by atoms with Gasteiger partial charge in [0.25, 0.3) is 0 Å². The van der Waals surface area contributed by atoms with Crippen molar-refractivity contribution in [2.24, 2.45) is 10.9 Å². The lowest BCUT2D eigenvalue weighted by molar-refractivity contribution is 0.00246. The van der Waals surface area contributed by atoms with E-state index < -0.39 is 0 Å². The SMILES string of the molecule is C=CCOc1ccccc1CNC(=NC)NCC(C1CCOC1)N1CCOCC1.I. The van der Waals surface area contributed by atoms with Crippen molar-refractivity contribution in [1.82, 2.24) is 15.5 Å². The summed E-state index contributed by atoms with van der Waals surface area (Å²) in [5, 5.41) is 6.93. The van der Waals surface area contributed by atoms with E-state index in [9.17, 15) is 0 Å². The van der Waals surface area contributed by atoms with E-state index in [1.807, 2.05) is 18.2 Å². The van der Waals surface area contributed by atoms with E-state index in [0.717, 1.165) is 69.8 Å². The second kappa shape index (κ2) is 13.8. The van der Waals surface area contributed by atoms with Gasteiger partial charge in [-0.1, -0.05) is 30.9 Å². The average Bonchev–Trinajstić information content (AvgIpc) is 3.30. The van der Waals surface area contributed by atoms with Crippen LogP contribution >= 0.6 is 24.0 Å². The van der Waals surface area contributed by atoms with Gasteiger partial charge in [-0.05, 0) is 12.5 Å². The number of hydrogen-bond donors (Lipinski definition) is 2. The van der Waals surface area contributed by atoms with Crippen LogP contribution in [0, 0.1) is 5.92 Å². The molecule has 1 aromatic carbocycles. The first-order valence-corrected chi connectivity index (χ1v) is 10.5. The molecule has 7 nitrogen and oxygen atoms in total. The van der Waals surface area contributed by atoms with Gasteiger partial charge in [-0.15, -0.1) is 24.0 Å². The fourth-order valence-corrected chi connectivity index (χ4v) is 3.90. The average molecular weight is 530 g/mol. The van der Waals surface area contributed by atoms with E-state index in [1.165, 1.54) is 0 Å². The summed E-state index contributed by atoms with van der Waals surface area (Å²) in [6, 6.07) is 8.45. The third-order valence-corrected chi connectivity index (χ3v) is 5.50. The maximum atomic E-state index is 5.75. The second-order valence-corrected chi connectivity index (χ2v) is 7.35. The lowest BCUT2D eigenvalue weighted by Crippen LogP contribution is -2.53. The van der Waals surface area contributed by atoms with Crippen LogP contribution in [0.4, 0.5) is 0 Å². The molecule has 0 saturated carbocycles. The Labute approximate surface area is 197 Å². The highest BCUT2D eigenvalue weighted by Crippen LogP contribution is 2.22. The number of para-hydroxylation sites is 1. The standard InChI is InChI=1S/C22H34N4O3.HI/c1-3-11-29-21-7-5-4-6-18(21)15-24-22(23-2)25-16-20(19-8-12-28-17-19)26-9-13-27-14-10-26;/h3-7,19-20H,1,8-17H2,2H3,(H2,23,24,25);1H. The molecule has 0 amide bonds. The molecule has 2 aliphatic rings. The third-order valence-electron chi connectivity index (χ3n) is 5.50. The van der Waals surface area contributed by atoms with Gasteiger partial charge < -0.3 is 24.8 Å². The Morgan fingerprint density at radius 2 is 2.07 bits per heavy atom. The molecule has 2 fully saturated rings. The van der Waals surface area contributed by atoms with Gasteiger partial charge in [-0.2, -0.15) is 0 Å². The van der Waals surface area contributed by atoms with Crippen LogP contribution in [0.2, 0.25) is 0 Å². The number of morpholine rings is 1. The summed E-state index contributed by atoms with van der Waals surface area (Å²) in [7, 11) is 1.80. The molecule has 30 heavy (non-hydrogen) atoms. The van der Waals surface area contributed by atoms with Gasteiger partial charge in [0, 0.05) is 57.4 Å². The van der Waals surface area contributed by atoms with Crippen molar-refractivity contribution in [3.63, 3.8) is 0 Å². The number of rotatable bonds is 9. The third kappa shape index (κ3) is 7.40. The molecule has 2 heterocycles. The van der Waals surface area contributed by atoms with E-state index in [4.69, 9.17) is 14.2 Å². The summed E-state index contributed by atoms with van der Waals surface area (Å²) in [6.07, 6.45) is 2.87. The molecular weight excluding hydrogens is 495 g/mol. The Morgan fingerprint density at radius 3 is 2.77 bits per heavy atom. The fraction of sp³-hybridized carbons (Fsp3) is 0.591. The Bertz CT molecular complexity index is 662. The van der Waals surface area contributed by atoms with Crippen molar-refractivity contribution in [3.8, 4) is 5.75 Å². The van der Waals surface area contributed by atoms with Gasteiger partial charge in [-0.25, -0.2) is 0 Å². The minimum atomic E-state index is 0. The predicted octanol–water partition coefficient (Wildman–Crippen LogP) is 2.27. The molecule has 3 rings (SSSR count). The Hall–Kier alpha value is -1.36. The highest BCUT2D eigenvalue weighted by molar-refractivity contribution is 14.0. The van der Waals surface area contributed by atoms with Gasteiger partial charge in [0.05, 0.1) is 19.8 Å². The molecule has 168 valence electrons. The van der Waals surface area contributed by atoms with Gasteiger partial charge in [0.2, 0.25) is 0 Å². The number of guanidine groups is 1. The van der Waals surface area contributed by atoms with Crippen molar-refractivity contribution in [2.45, 2.75) is 19.0 Å². The fourth-order valence-electron chi connectivity index (χ4n) is 3.90. The largest absolute Gasteiger partial charge is 0.489 e. The highest BCUT2D eigenvalue weighted by atomic mass is 127.